The molecule has 1 N–H and O–H groups in total. The second kappa shape index (κ2) is 10.4. The van der Waals surface area contributed by atoms with E-state index in [4.69, 9.17) is 15.0 Å². The van der Waals surface area contributed by atoms with E-state index in [0.29, 0.717) is 5.92 Å². The predicted octanol–water partition coefficient (Wildman–Crippen LogP) is 3.68. The predicted molar refractivity (Wildman–Crippen MR) is 120 cm³/mol. The van der Waals surface area contributed by atoms with Crippen LogP contribution in [0.3, 0.4) is 0 Å². The second-order valence-electron chi connectivity index (χ2n) is 8.37. The van der Waals surface area contributed by atoms with E-state index in [-0.39, 0.29) is 5.82 Å². The third kappa shape index (κ3) is 5.85. The van der Waals surface area contributed by atoms with Gasteiger partial charge in [-0.25, -0.2) is 9.18 Å². The van der Waals surface area contributed by atoms with Crippen LogP contribution in [-0.4, -0.2) is 64.8 Å². The summed E-state index contributed by atoms with van der Waals surface area (Å²) in [4.78, 5) is 11.3. The minimum absolute atomic E-state index is 0.178. The molecular weight excluding hydrogens is 482 g/mol. The fraction of sp³-hybridized carbons (Fsp3) is 0.348. The minimum Gasteiger partial charge on any atom is -0.475 e. The molecule has 1 fully saturated rings. The van der Waals surface area contributed by atoms with Crippen molar-refractivity contribution in [3.8, 4) is 11.4 Å². The summed E-state index contributed by atoms with van der Waals surface area (Å²) in [6.45, 7) is 2.66. The van der Waals surface area contributed by atoms with Crippen LogP contribution >= 0.6 is 0 Å². The van der Waals surface area contributed by atoms with Crippen LogP contribution in [0.1, 0.15) is 30.1 Å². The Bertz CT molecular complexity index is 1340. The van der Waals surface area contributed by atoms with E-state index in [0.717, 1.165) is 60.9 Å². The SMILES string of the molecule is Cn1nccc1-c1ccc2nnc(C3CCN(Cc4cccc(F)c4)CC3)n2n1.O=C(O)C(F)(F)F. The van der Waals surface area contributed by atoms with E-state index in [1.807, 2.05) is 40.5 Å². The number of aliphatic carboxylic acids is 1. The van der Waals surface area contributed by atoms with Gasteiger partial charge in [0.25, 0.3) is 0 Å². The number of nitrogens with zero attached hydrogens (tertiary/aromatic N) is 7. The molecule has 190 valence electrons. The average molecular weight is 505 g/mol. The second-order valence-corrected chi connectivity index (χ2v) is 8.37. The lowest BCUT2D eigenvalue weighted by Gasteiger charge is -2.31. The van der Waals surface area contributed by atoms with Crippen molar-refractivity contribution in [3.63, 3.8) is 0 Å². The Morgan fingerprint density at radius 1 is 1.11 bits per heavy atom. The molecule has 0 spiro atoms. The zero-order chi connectivity index (χ0) is 25.9. The fourth-order valence-corrected chi connectivity index (χ4v) is 4.06. The lowest BCUT2D eigenvalue weighted by atomic mass is 9.95. The maximum atomic E-state index is 13.4. The lowest BCUT2D eigenvalue weighted by molar-refractivity contribution is -0.192. The Balaban J connectivity index is 0.000000384. The quantitative estimate of drug-likeness (QED) is 0.422. The smallest absolute Gasteiger partial charge is 0.475 e. The summed E-state index contributed by atoms with van der Waals surface area (Å²) in [6, 6.07) is 12.7. The van der Waals surface area contributed by atoms with E-state index in [1.165, 1.54) is 6.07 Å². The van der Waals surface area contributed by atoms with Crippen molar-refractivity contribution in [2.75, 3.05) is 13.1 Å². The summed E-state index contributed by atoms with van der Waals surface area (Å²) in [6.07, 6.45) is -1.36. The molecule has 0 atom stereocenters. The highest BCUT2D eigenvalue weighted by atomic mass is 19.4. The Kier molecular flexibility index (Phi) is 7.29. The van der Waals surface area contributed by atoms with Gasteiger partial charge in [0.05, 0.1) is 5.69 Å². The fourth-order valence-electron chi connectivity index (χ4n) is 4.06. The number of fused-ring (bicyclic) bond motifs is 1. The molecule has 1 aromatic carbocycles. The molecule has 4 heterocycles. The topological polar surface area (TPSA) is 101 Å². The highest BCUT2D eigenvalue weighted by Gasteiger charge is 2.38. The first-order chi connectivity index (χ1) is 17.1. The first-order valence-corrected chi connectivity index (χ1v) is 11.1. The number of halogens is 4. The zero-order valence-electron chi connectivity index (χ0n) is 19.2. The molecule has 4 aromatic rings. The number of aryl methyl sites for hydroxylation is 1. The van der Waals surface area contributed by atoms with Gasteiger partial charge in [-0.1, -0.05) is 12.1 Å². The summed E-state index contributed by atoms with van der Waals surface area (Å²) in [5, 5.41) is 24.9. The van der Waals surface area contributed by atoms with Crippen molar-refractivity contribution in [1.29, 1.82) is 0 Å². The van der Waals surface area contributed by atoms with Gasteiger partial charge in [0, 0.05) is 25.7 Å². The summed E-state index contributed by atoms with van der Waals surface area (Å²) in [5.74, 6) is -1.72. The molecule has 9 nitrogen and oxygen atoms in total. The zero-order valence-corrected chi connectivity index (χ0v) is 19.2. The highest BCUT2D eigenvalue weighted by molar-refractivity contribution is 5.73. The first-order valence-electron chi connectivity index (χ1n) is 11.1. The average Bonchev–Trinajstić information content (AvgIpc) is 3.45. The van der Waals surface area contributed by atoms with Crippen LogP contribution in [0.15, 0.2) is 48.7 Å². The molecule has 1 saturated heterocycles. The standard InChI is InChI=1S/C21H22FN7.C2HF3O2/c1-27-19(7-10-23-27)18-5-6-20-24-25-21(29(20)26-18)16-8-11-28(12-9-16)14-15-3-2-4-17(22)13-15;3-2(4,5)1(6)7/h2-7,10,13,16H,8-9,11-12,14H2,1H3;(H,6,7). The number of rotatable bonds is 4. The van der Waals surface area contributed by atoms with Crippen molar-refractivity contribution in [2.24, 2.45) is 7.05 Å². The summed E-state index contributed by atoms with van der Waals surface area (Å²) >= 11 is 0. The van der Waals surface area contributed by atoms with Crippen LogP contribution in [0.2, 0.25) is 0 Å². The molecule has 0 bridgehead atoms. The molecule has 0 unspecified atom stereocenters. The van der Waals surface area contributed by atoms with Gasteiger partial charge in [0.15, 0.2) is 11.5 Å². The van der Waals surface area contributed by atoms with Gasteiger partial charge >= 0.3 is 12.1 Å². The van der Waals surface area contributed by atoms with Gasteiger partial charge in [-0.15, -0.1) is 10.2 Å². The minimum atomic E-state index is -5.08. The van der Waals surface area contributed by atoms with Gasteiger partial charge in [-0.05, 0) is 61.8 Å². The number of aromatic nitrogens is 6. The van der Waals surface area contributed by atoms with Crippen LogP contribution in [0.25, 0.3) is 17.0 Å². The van der Waals surface area contributed by atoms with Crippen molar-refractivity contribution in [1.82, 2.24) is 34.5 Å². The van der Waals surface area contributed by atoms with Gasteiger partial charge < -0.3 is 5.11 Å². The molecule has 5 rings (SSSR count). The first kappa shape index (κ1) is 25.2. The lowest BCUT2D eigenvalue weighted by Crippen LogP contribution is -2.33. The maximum Gasteiger partial charge on any atom is 0.490 e. The molecule has 3 aromatic heterocycles. The number of piperidine rings is 1. The molecule has 36 heavy (non-hydrogen) atoms. The van der Waals surface area contributed by atoms with Crippen LogP contribution in [0, 0.1) is 5.82 Å². The Morgan fingerprint density at radius 3 is 2.44 bits per heavy atom. The number of hydrogen-bond acceptors (Lipinski definition) is 6. The summed E-state index contributed by atoms with van der Waals surface area (Å²) < 4.78 is 48.8. The monoisotopic (exact) mass is 505 g/mol. The summed E-state index contributed by atoms with van der Waals surface area (Å²) in [7, 11) is 1.91. The van der Waals surface area contributed by atoms with Crippen LogP contribution in [0.4, 0.5) is 17.6 Å². The molecule has 0 radical (unpaired) electrons. The maximum absolute atomic E-state index is 13.4. The molecule has 0 amide bonds. The van der Waals surface area contributed by atoms with Crippen molar-refractivity contribution >= 4 is 11.6 Å². The molecule has 0 saturated carbocycles. The van der Waals surface area contributed by atoms with E-state index in [9.17, 15) is 17.6 Å². The van der Waals surface area contributed by atoms with Crippen molar-refractivity contribution in [3.05, 3.63) is 65.9 Å². The number of likely N-dealkylation sites (tertiary alicyclic amines) is 1. The number of benzene rings is 1. The van der Waals surface area contributed by atoms with Gasteiger partial charge in [-0.2, -0.15) is 27.9 Å². The van der Waals surface area contributed by atoms with Crippen LogP contribution in [-0.2, 0) is 18.4 Å². The van der Waals surface area contributed by atoms with Crippen molar-refractivity contribution < 1.29 is 27.5 Å². The molecule has 1 aliphatic heterocycles. The number of carboxylic acids is 1. The normalized spacial score (nSPS) is 15.0. The summed E-state index contributed by atoms with van der Waals surface area (Å²) in [5.41, 5.74) is 3.57. The van der Waals surface area contributed by atoms with Gasteiger partial charge in [-0.3, -0.25) is 9.58 Å². The third-order valence-electron chi connectivity index (χ3n) is 5.86. The number of carbonyl (C=O) groups is 1. The Hall–Kier alpha value is -3.87. The van der Waals surface area contributed by atoms with Gasteiger partial charge in [0.1, 0.15) is 11.5 Å². The third-order valence-corrected chi connectivity index (χ3v) is 5.86. The highest BCUT2D eigenvalue weighted by Crippen LogP contribution is 2.28. The van der Waals surface area contributed by atoms with E-state index in [1.54, 1.807) is 18.3 Å². The van der Waals surface area contributed by atoms with E-state index >= 15 is 0 Å². The van der Waals surface area contributed by atoms with Gasteiger partial charge in [0.2, 0.25) is 0 Å². The number of alkyl halides is 3. The van der Waals surface area contributed by atoms with E-state index < -0.39 is 12.1 Å². The van der Waals surface area contributed by atoms with Crippen molar-refractivity contribution in [2.45, 2.75) is 31.5 Å². The Labute approximate surface area is 203 Å². The van der Waals surface area contributed by atoms with Crippen LogP contribution in [0.5, 0.6) is 0 Å². The molecule has 0 aliphatic carbocycles. The number of carboxylic acid groups (broad SMARTS) is 1. The molecule has 1 aliphatic rings. The van der Waals surface area contributed by atoms with Crippen LogP contribution < -0.4 is 0 Å². The Morgan fingerprint density at radius 2 is 1.83 bits per heavy atom. The van der Waals surface area contributed by atoms with E-state index in [2.05, 4.69) is 20.2 Å². The number of hydrogen-bond donors (Lipinski definition) is 1. The largest absolute Gasteiger partial charge is 0.490 e. The molecular formula is C23H23F4N7O2. The molecule has 13 heteroatoms.